The molecule has 2 heterocycles. The zero-order valence-corrected chi connectivity index (χ0v) is 11.6. The Kier molecular flexibility index (Phi) is 3.64. The Balaban J connectivity index is 2.34. The van der Waals surface area contributed by atoms with Crippen LogP contribution < -0.4 is 0 Å². The van der Waals surface area contributed by atoms with Crippen LogP contribution >= 0.6 is 12.2 Å². The molecule has 1 saturated heterocycles. The Morgan fingerprint density at radius 1 is 1.59 bits per heavy atom. The van der Waals surface area contributed by atoms with Crippen molar-refractivity contribution >= 4 is 12.2 Å². The third-order valence-electron chi connectivity index (χ3n) is 3.15. The van der Waals surface area contributed by atoms with Gasteiger partial charge in [0, 0.05) is 12.3 Å². The molecule has 94 valence electrons. The van der Waals surface area contributed by atoms with E-state index >= 15 is 0 Å². The minimum atomic E-state index is -0.277. The molecule has 0 radical (unpaired) electrons. The third kappa shape index (κ3) is 2.93. The highest BCUT2D eigenvalue weighted by Crippen LogP contribution is 2.33. The summed E-state index contributed by atoms with van der Waals surface area (Å²) >= 11 is 5.24. The van der Waals surface area contributed by atoms with Crippen molar-refractivity contribution in [3.63, 3.8) is 0 Å². The summed E-state index contributed by atoms with van der Waals surface area (Å²) in [5.41, 5.74) is 0.882. The molecule has 3 nitrogen and oxygen atoms in total. The standard InChI is InChI=1S/C13H20N2OS/c1-9(2)7-10-8-11(17)15-12(14-10)13(3)5-4-6-16-13/h8-9H,4-7H2,1-3H3,(H,14,15,17). The lowest BCUT2D eigenvalue weighted by Gasteiger charge is -2.22. The van der Waals surface area contributed by atoms with Gasteiger partial charge in [0.05, 0.1) is 0 Å². The Labute approximate surface area is 108 Å². The maximum Gasteiger partial charge on any atom is 0.140 e. The monoisotopic (exact) mass is 252 g/mol. The molecule has 1 aliphatic heterocycles. The fourth-order valence-corrected chi connectivity index (χ4v) is 2.51. The topological polar surface area (TPSA) is 37.9 Å². The van der Waals surface area contributed by atoms with Crippen molar-refractivity contribution in [3.8, 4) is 0 Å². The van der Waals surface area contributed by atoms with Crippen molar-refractivity contribution in [1.29, 1.82) is 0 Å². The third-order valence-corrected chi connectivity index (χ3v) is 3.36. The van der Waals surface area contributed by atoms with Gasteiger partial charge in [-0.05, 0) is 38.2 Å². The molecule has 0 aliphatic carbocycles. The Morgan fingerprint density at radius 3 is 2.94 bits per heavy atom. The summed E-state index contributed by atoms with van der Waals surface area (Å²) in [6.45, 7) is 7.30. The molecule has 0 spiro atoms. The van der Waals surface area contributed by atoms with Gasteiger partial charge < -0.3 is 9.72 Å². The molecule has 1 aliphatic rings. The predicted octanol–water partition coefficient (Wildman–Crippen LogP) is 3.36. The molecule has 1 aromatic rings. The van der Waals surface area contributed by atoms with Crippen LogP contribution in [-0.2, 0) is 16.8 Å². The summed E-state index contributed by atoms with van der Waals surface area (Å²) in [6, 6.07) is 1.96. The number of hydrogen-bond acceptors (Lipinski definition) is 3. The van der Waals surface area contributed by atoms with Crippen molar-refractivity contribution in [2.45, 2.75) is 45.6 Å². The molecule has 0 aromatic carbocycles. The molecule has 1 N–H and O–H groups in total. The van der Waals surface area contributed by atoms with Crippen molar-refractivity contribution < 1.29 is 4.74 Å². The quantitative estimate of drug-likeness (QED) is 0.838. The van der Waals surface area contributed by atoms with Crippen LogP contribution in [0, 0.1) is 10.6 Å². The number of hydrogen-bond donors (Lipinski definition) is 1. The largest absolute Gasteiger partial charge is 0.367 e. The molecule has 4 heteroatoms. The number of nitrogens with one attached hydrogen (secondary N) is 1. The average molecular weight is 252 g/mol. The lowest BCUT2D eigenvalue weighted by atomic mass is 10.0. The Morgan fingerprint density at radius 2 is 2.35 bits per heavy atom. The first-order valence-electron chi connectivity index (χ1n) is 6.24. The normalized spacial score (nSPS) is 24.5. The lowest BCUT2D eigenvalue weighted by molar-refractivity contribution is 0.00903. The van der Waals surface area contributed by atoms with Gasteiger partial charge in [0.25, 0.3) is 0 Å². The fraction of sp³-hybridized carbons (Fsp3) is 0.692. The number of nitrogens with zero attached hydrogens (tertiary/aromatic N) is 1. The van der Waals surface area contributed by atoms with Crippen LogP contribution in [0.4, 0.5) is 0 Å². The molecule has 0 saturated carbocycles. The molecule has 17 heavy (non-hydrogen) atoms. The second-order valence-electron chi connectivity index (χ2n) is 5.37. The molecule has 1 fully saturated rings. The number of aromatic amines is 1. The first kappa shape index (κ1) is 12.7. The van der Waals surface area contributed by atoms with E-state index in [1.807, 2.05) is 6.07 Å². The van der Waals surface area contributed by atoms with Crippen LogP contribution in [0.3, 0.4) is 0 Å². The highest BCUT2D eigenvalue weighted by molar-refractivity contribution is 7.71. The van der Waals surface area contributed by atoms with Crippen LogP contribution in [0.2, 0.25) is 0 Å². The molecule has 1 atom stereocenters. The van der Waals surface area contributed by atoms with Crippen molar-refractivity contribution in [2.75, 3.05) is 6.61 Å². The van der Waals surface area contributed by atoms with Gasteiger partial charge >= 0.3 is 0 Å². The first-order valence-corrected chi connectivity index (χ1v) is 6.65. The zero-order valence-electron chi connectivity index (χ0n) is 10.7. The minimum Gasteiger partial charge on any atom is -0.367 e. The van der Waals surface area contributed by atoms with Crippen LogP contribution in [0.5, 0.6) is 0 Å². The average Bonchev–Trinajstić information content (AvgIpc) is 2.64. The van der Waals surface area contributed by atoms with E-state index in [4.69, 9.17) is 17.0 Å². The van der Waals surface area contributed by atoms with Gasteiger partial charge in [-0.15, -0.1) is 0 Å². The summed E-state index contributed by atoms with van der Waals surface area (Å²) in [4.78, 5) is 7.83. The minimum absolute atomic E-state index is 0.277. The van der Waals surface area contributed by atoms with E-state index in [0.29, 0.717) is 10.6 Å². The summed E-state index contributed by atoms with van der Waals surface area (Å²) in [5, 5.41) is 0. The lowest BCUT2D eigenvalue weighted by Crippen LogP contribution is -2.24. The van der Waals surface area contributed by atoms with E-state index in [1.165, 1.54) is 0 Å². The van der Waals surface area contributed by atoms with Crippen molar-refractivity contribution in [1.82, 2.24) is 9.97 Å². The summed E-state index contributed by atoms with van der Waals surface area (Å²) in [7, 11) is 0. The second kappa shape index (κ2) is 4.86. The van der Waals surface area contributed by atoms with Gasteiger partial charge in [0.15, 0.2) is 0 Å². The fourth-order valence-electron chi connectivity index (χ4n) is 2.27. The van der Waals surface area contributed by atoms with Crippen LogP contribution in [0.15, 0.2) is 6.07 Å². The zero-order chi connectivity index (χ0) is 12.5. The number of aromatic nitrogens is 2. The van der Waals surface area contributed by atoms with E-state index < -0.39 is 0 Å². The van der Waals surface area contributed by atoms with Gasteiger partial charge in [0.1, 0.15) is 16.1 Å². The van der Waals surface area contributed by atoms with Crippen molar-refractivity contribution in [3.05, 3.63) is 22.2 Å². The van der Waals surface area contributed by atoms with Gasteiger partial charge in [-0.2, -0.15) is 0 Å². The van der Waals surface area contributed by atoms with Crippen LogP contribution in [-0.4, -0.2) is 16.6 Å². The van der Waals surface area contributed by atoms with Crippen LogP contribution in [0.1, 0.15) is 45.1 Å². The van der Waals surface area contributed by atoms with Gasteiger partial charge in [-0.1, -0.05) is 26.1 Å². The smallest absolute Gasteiger partial charge is 0.140 e. The van der Waals surface area contributed by atoms with E-state index in [-0.39, 0.29) is 5.60 Å². The Hall–Kier alpha value is -0.740. The predicted molar refractivity (Wildman–Crippen MR) is 70.5 cm³/mol. The van der Waals surface area contributed by atoms with Gasteiger partial charge in [-0.3, -0.25) is 0 Å². The number of rotatable bonds is 3. The number of H-pyrrole nitrogens is 1. The molecule has 0 amide bonds. The first-order chi connectivity index (χ1) is 7.99. The van der Waals surface area contributed by atoms with E-state index in [1.54, 1.807) is 0 Å². The van der Waals surface area contributed by atoms with E-state index in [0.717, 1.165) is 37.4 Å². The molecule has 2 rings (SSSR count). The van der Waals surface area contributed by atoms with E-state index in [9.17, 15) is 0 Å². The highest BCUT2D eigenvalue weighted by atomic mass is 32.1. The van der Waals surface area contributed by atoms with Gasteiger partial charge in [-0.25, -0.2) is 4.98 Å². The molecule has 1 unspecified atom stereocenters. The van der Waals surface area contributed by atoms with Crippen molar-refractivity contribution in [2.24, 2.45) is 5.92 Å². The maximum atomic E-state index is 5.80. The molecule has 0 bridgehead atoms. The molecular weight excluding hydrogens is 232 g/mol. The second-order valence-corrected chi connectivity index (χ2v) is 5.79. The SMILES string of the molecule is CC(C)Cc1cc(=S)nc(C2(C)CCCO2)[nH]1. The Bertz CT molecular complexity index is 447. The highest BCUT2D eigenvalue weighted by Gasteiger charge is 2.34. The van der Waals surface area contributed by atoms with Crippen LogP contribution in [0.25, 0.3) is 0 Å². The maximum absolute atomic E-state index is 5.80. The summed E-state index contributed by atoms with van der Waals surface area (Å²) < 4.78 is 6.46. The summed E-state index contributed by atoms with van der Waals surface area (Å²) in [6.07, 6.45) is 3.10. The molecular formula is C13H20N2OS. The molecule has 1 aromatic heterocycles. The summed E-state index contributed by atoms with van der Waals surface area (Å²) in [5.74, 6) is 1.49. The number of ether oxygens (including phenoxy) is 1. The van der Waals surface area contributed by atoms with E-state index in [2.05, 4.69) is 30.7 Å². The van der Waals surface area contributed by atoms with Gasteiger partial charge in [0.2, 0.25) is 0 Å².